The minimum atomic E-state index is 0.239. The van der Waals surface area contributed by atoms with Gasteiger partial charge in [0.05, 0.1) is 6.61 Å². The van der Waals surface area contributed by atoms with Crippen molar-refractivity contribution in [2.45, 2.75) is 39.8 Å². The highest BCUT2D eigenvalue weighted by molar-refractivity contribution is 6.36. The second-order valence-corrected chi connectivity index (χ2v) is 7.06. The van der Waals surface area contributed by atoms with Crippen LogP contribution in [0.4, 0.5) is 0 Å². The van der Waals surface area contributed by atoms with Crippen molar-refractivity contribution in [3.8, 4) is 11.5 Å². The molecule has 2 aromatic carbocycles. The first-order valence-corrected chi connectivity index (χ1v) is 9.91. The van der Waals surface area contributed by atoms with Crippen molar-refractivity contribution in [3.63, 3.8) is 0 Å². The number of ether oxygens (including phenoxy) is 2. The molecule has 0 bridgehead atoms. The van der Waals surface area contributed by atoms with E-state index in [-0.39, 0.29) is 6.61 Å². The van der Waals surface area contributed by atoms with Gasteiger partial charge in [-0.2, -0.15) is 0 Å². The molecular formula is C20H24Cl3NO2. The molecule has 1 N–H and O–H groups in total. The van der Waals surface area contributed by atoms with Crippen LogP contribution in [0.3, 0.4) is 0 Å². The van der Waals surface area contributed by atoms with Gasteiger partial charge in [0.2, 0.25) is 0 Å². The fourth-order valence-corrected chi connectivity index (χ4v) is 3.17. The van der Waals surface area contributed by atoms with Gasteiger partial charge in [0.25, 0.3) is 0 Å². The van der Waals surface area contributed by atoms with Gasteiger partial charge in [-0.3, -0.25) is 0 Å². The van der Waals surface area contributed by atoms with Crippen LogP contribution >= 0.6 is 34.8 Å². The molecule has 0 amide bonds. The summed E-state index contributed by atoms with van der Waals surface area (Å²) in [7, 11) is 0. The Balaban J connectivity index is 2.15. The van der Waals surface area contributed by atoms with Crippen molar-refractivity contribution < 1.29 is 9.47 Å². The smallest absolute Gasteiger partial charge is 0.163 e. The highest BCUT2D eigenvalue weighted by Gasteiger charge is 2.13. The number of benzene rings is 2. The molecule has 0 saturated carbocycles. The SMILES string of the molecule is CCCCNCc1cc(OCC)c(OCc2c(Cl)cccc2Cl)cc1Cl. The van der Waals surface area contributed by atoms with Gasteiger partial charge in [-0.1, -0.05) is 54.2 Å². The van der Waals surface area contributed by atoms with Crippen LogP contribution < -0.4 is 14.8 Å². The maximum absolute atomic E-state index is 6.43. The quantitative estimate of drug-likeness (QED) is 0.447. The van der Waals surface area contributed by atoms with Gasteiger partial charge in [-0.25, -0.2) is 0 Å². The van der Waals surface area contributed by atoms with Crippen molar-refractivity contribution in [2.24, 2.45) is 0 Å². The monoisotopic (exact) mass is 415 g/mol. The first-order chi connectivity index (χ1) is 12.6. The molecule has 0 spiro atoms. The minimum absolute atomic E-state index is 0.239. The summed E-state index contributed by atoms with van der Waals surface area (Å²) in [4.78, 5) is 0. The maximum atomic E-state index is 6.43. The second kappa shape index (κ2) is 10.9. The van der Waals surface area contributed by atoms with Crippen LogP contribution in [-0.2, 0) is 13.2 Å². The Kier molecular flexibility index (Phi) is 8.86. The normalized spacial score (nSPS) is 10.8. The molecule has 26 heavy (non-hydrogen) atoms. The summed E-state index contributed by atoms with van der Waals surface area (Å²) in [5, 5.41) is 5.16. The summed E-state index contributed by atoms with van der Waals surface area (Å²) in [5.74, 6) is 1.23. The first kappa shape index (κ1) is 21.2. The Morgan fingerprint density at radius 1 is 0.923 bits per heavy atom. The van der Waals surface area contributed by atoms with E-state index in [0.717, 1.165) is 30.5 Å². The zero-order chi connectivity index (χ0) is 18.9. The highest BCUT2D eigenvalue weighted by Crippen LogP contribution is 2.35. The maximum Gasteiger partial charge on any atom is 0.163 e. The van der Waals surface area contributed by atoms with Crippen LogP contribution in [0.25, 0.3) is 0 Å². The van der Waals surface area contributed by atoms with E-state index in [1.165, 1.54) is 0 Å². The number of hydrogen-bond donors (Lipinski definition) is 1. The molecule has 142 valence electrons. The summed E-state index contributed by atoms with van der Waals surface area (Å²) >= 11 is 18.8. The van der Waals surface area contributed by atoms with E-state index in [1.807, 2.05) is 13.0 Å². The topological polar surface area (TPSA) is 30.5 Å². The summed E-state index contributed by atoms with van der Waals surface area (Å²) in [6.45, 7) is 6.52. The molecule has 0 radical (unpaired) electrons. The summed E-state index contributed by atoms with van der Waals surface area (Å²) in [6, 6.07) is 9.08. The minimum Gasteiger partial charge on any atom is -0.490 e. The van der Waals surface area contributed by atoms with Crippen LogP contribution in [0.15, 0.2) is 30.3 Å². The van der Waals surface area contributed by atoms with Crippen molar-refractivity contribution in [2.75, 3.05) is 13.2 Å². The summed E-state index contributed by atoms with van der Waals surface area (Å²) in [6.07, 6.45) is 2.29. The molecule has 0 heterocycles. The van der Waals surface area contributed by atoms with E-state index in [9.17, 15) is 0 Å². The molecule has 0 atom stereocenters. The molecule has 0 saturated heterocycles. The Hall–Kier alpha value is -1.13. The van der Waals surface area contributed by atoms with Gasteiger partial charge < -0.3 is 14.8 Å². The van der Waals surface area contributed by atoms with Crippen LogP contribution in [0.5, 0.6) is 11.5 Å². The lowest BCUT2D eigenvalue weighted by molar-refractivity contribution is 0.269. The highest BCUT2D eigenvalue weighted by atomic mass is 35.5. The molecule has 0 unspecified atom stereocenters. The van der Waals surface area contributed by atoms with E-state index in [4.69, 9.17) is 44.3 Å². The van der Waals surface area contributed by atoms with Gasteiger partial charge in [-0.15, -0.1) is 0 Å². The Labute approximate surface area is 170 Å². The molecule has 0 fully saturated rings. The van der Waals surface area contributed by atoms with E-state index in [0.29, 0.717) is 39.7 Å². The van der Waals surface area contributed by atoms with Gasteiger partial charge in [0.1, 0.15) is 6.61 Å². The number of unbranched alkanes of at least 4 members (excludes halogenated alkanes) is 1. The second-order valence-electron chi connectivity index (χ2n) is 5.84. The van der Waals surface area contributed by atoms with E-state index in [2.05, 4.69) is 12.2 Å². The summed E-state index contributed by atoms with van der Waals surface area (Å²) in [5.41, 5.74) is 1.72. The third-order valence-corrected chi connectivity index (χ3v) is 4.93. The average molecular weight is 417 g/mol. The lowest BCUT2D eigenvalue weighted by Gasteiger charge is -2.16. The van der Waals surface area contributed by atoms with Crippen LogP contribution in [-0.4, -0.2) is 13.2 Å². The molecule has 0 aliphatic heterocycles. The van der Waals surface area contributed by atoms with Gasteiger partial charge in [0.15, 0.2) is 11.5 Å². The van der Waals surface area contributed by atoms with Crippen molar-refractivity contribution >= 4 is 34.8 Å². The lowest BCUT2D eigenvalue weighted by atomic mass is 10.2. The first-order valence-electron chi connectivity index (χ1n) is 8.78. The van der Waals surface area contributed by atoms with Crippen LogP contribution in [0.2, 0.25) is 15.1 Å². The molecule has 2 rings (SSSR count). The Bertz CT molecular complexity index is 702. The van der Waals surface area contributed by atoms with E-state index >= 15 is 0 Å². The fourth-order valence-electron chi connectivity index (χ4n) is 2.44. The number of halogens is 3. The molecule has 2 aromatic rings. The van der Waals surface area contributed by atoms with E-state index < -0.39 is 0 Å². The van der Waals surface area contributed by atoms with Crippen molar-refractivity contribution in [3.05, 3.63) is 56.5 Å². The fraction of sp³-hybridized carbons (Fsp3) is 0.400. The van der Waals surface area contributed by atoms with Crippen molar-refractivity contribution in [1.82, 2.24) is 5.32 Å². The number of rotatable bonds is 10. The molecule has 6 heteroatoms. The van der Waals surface area contributed by atoms with Gasteiger partial charge in [0, 0.05) is 33.2 Å². The number of nitrogens with one attached hydrogen (secondary N) is 1. The average Bonchev–Trinajstić information content (AvgIpc) is 2.61. The largest absolute Gasteiger partial charge is 0.490 e. The molecule has 0 aromatic heterocycles. The molecule has 0 aliphatic rings. The predicted molar refractivity (Wildman–Crippen MR) is 110 cm³/mol. The lowest BCUT2D eigenvalue weighted by Crippen LogP contribution is -2.15. The zero-order valence-corrected chi connectivity index (χ0v) is 17.3. The Morgan fingerprint density at radius 2 is 1.62 bits per heavy atom. The van der Waals surface area contributed by atoms with Gasteiger partial charge in [-0.05, 0) is 43.7 Å². The Morgan fingerprint density at radius 3 is 2.27 bits per heavy atom. The van der Waals surface area contributed by atoms with Crippen LogP contribution in [0, 0.1) is 0 Å². The van der Waals surface area contributed by atoms with Crippen molar-refractivity contribution in [1.29, 1.82) is 0 Å². The standard InChI is InChI=1S/C20H24Cl3NO2/c1-3-5-9-24-12-14-10-19(25-4-2)20(11-18(14)23)26-13-15-16(21)7-6-8-17(15)22/h6-8,10-11,24H,3-5,9,12-13H2,1-2H3. The third-order valence-electron chi connectivity index (χ3n) is 3.87. The van der Waals surface area contributed by atoms with E-state index in [1.54, 1.807) is 24.3 Å². The number of hydrogen-bond acceptors (Lipinski definition) is 3. The van der Waals surface area contributed by atoms with Crippen LogP contribution in [0.1, 0.15) is 37.8 Å². The van der Waals surface area contributed by atoms with Gasteiger partial charge >= 0.3 is 0 Å². The third kappa shape index (κ3) is 5.95. The molecular weight excluding hydrogens is 393 g/mol. The predicted octanol–water partition coefficient (Wildman–Crippen LogP) is 6.51. The zero-order valence-electron chi connectivity index (χ0n) is 15.1. The molecule has 0 aliphatic carbocycles. The summed E-state index contributed by atoms with van der Waals surface area (Å²) < 4.78 is 11.6. The molecule has 3 nitrogen and oxygen atoms in total.